The SMILES string of the molecule is CN(C)C(=O)Cc1cc(Br)ccc1O. The van der Waals surface area contributed by atoms with Crippen LogP contribution in [-0.2, 0) is 11.2 Å². The second-order valence-corrected chi connectivity index (χ2v) is 4.15. The zero-order valence-corrected chi connectivity index (χ0v) is 9.71. The third-order valence-electron chi connectivity index (χ3n) is 1.88. The van der Waals surface area contributed by atoms with Gasteiger partial charge in [-0.2, -0.15) is 0 Å². The van der Waals surface area contributed by atoms with Gasteiger partial charge in [-0.3, -0.25) is 4.79 Å². The van der Waals surface area contributed by atoms with E-state index in [0.717, 1.165) is 4.47 Å². The van der Waals surface area contributed by atoms with E-state index in [4.69, 9.17) is 0 Å². The second kappa shape index (κ2) is 4.46. The molecule has 0 atom stereocenters. The predicted octanol–water partition coefficient (Wildman–Crippen LogP) is 1.79. The van der Waals surface area contributed by atoms with Crippen molar-refractivity contribution in [3.63, 3.8) is 0 Å². The molecule has 0 aliphatic rings. The summed E-state index contributed by atoms with van der Waals surface area (Å²) in [4.78, 5) is 12.9. The van der Waals surface area contributed by atoms with Crippen LogP contribution in [0.5, 0.6) is 5.75 Å². The van der Waals surface area contributed by atoms with Gasteiger partial charge in [-0.25, -0.2) is 0 Å². The normalized spacial score (nSPS) is 9.93. The number of likely N-dealkylation sites (N-methyl/N-ethyl adjacent to an activating group) is 1. The van der Waals surface area contributed by atoms with Crippen molar-refractivity contribution in [1.29, 1.82) is 0 Å². The van der Waals surface area contributed by atoms with Crippen LogP contribution in [0.2, 0.25) is 0 Å². The monoisotopic (exact) mass is 257 g/mol. The fraction of sp³-hybridized carbons (Fsp3) is 0.300. The van der Waals surface area contributed by atoms with Crippen molar-refractivity contribution in [3.8, 4) is 5.75 Å². The average molecular weight is 258 g/mol. The maximum absolute atomic E-state index is 11.4. The summed E-state index contributed by atoms with van der Waals surface area (Å²) in [5.74, 6) is 0.127. The summed E-state index contributed by atoms with van der Waals surface area (Å²) >= 11 is 3.29. The minimum Gasteiger partial charge on any atom is -0.508 e. The van der Waals surface area contributed by atoms with E-state index in [0.29, 0.717) is 5.56 Å². The van der Waals surface area contributed by atoms with Crippen LogP contribution in [0.15, 0.2) is 22.7 Å². The van der Waals surface area contributed by atoms with Gasteiger partial charge in [-0.15, -0.1) is 0 Å². The van der Waals surface area contributed by atoms with Gasteiger partial charge < -0.3 is 10.0 Å². The smallest absolute Gasteiger partial charge is 0.226 e. The molecule has 0 heterocycles. The van der Waals surface area contributed by atoms with Gasteiger partial charge in [0.25, 0.3) is 0 Å². The number of benzene rings is 1. The summed E-state index contributed by atoms with van der Waals surface area (Å²) in [6, 6.07) is 5.05. The second-order valence-electron chi connectivity index (χ2n) is 3.24. The van der Waals surface area contributed by atoms with E-state index < -0.39 is 0 Å². The van der Waals surface area contributed by atoms with Gasteiger partial charge in [0, 0.05) is 24.1 Å². The maximum Gasteiger partial charge on any atom is 0.226 e. The summed E-state index contributed by atoms with van der Waals surface area (Å²) in [5, 5.41) is 9.47. The van der Waals surface area contributed by atoms with Crippen molar-refractivity contribution >= 4 is 21.8 Å². The summed E-state index contributed by atoms with van der Waals surface area (Å²) < 4.78 is 0.858. The molecule has 0 spiro atoms. The first kappa shape index (κ1) is 11.0. The van der Waals surface area contributed by atoms with Crippen LogP contribution in [0, 0.1) is 0 Å². The van der Waals surface area contributed by atoms with Gasteiger partial charge in [0.2, 0.25) is 5.91 Å². The fourth-order valence-electron chi connectivity index (χ4n) is 1.02. The van der Waals surface area contributed by atoms with Crippen molar-refractivity contribution in [1.82, 2.24) is 4.90 Å². The lowest BCUT2D eigenvalue weighted by Gasteiger charge is -2.11. The van der Waals surface area contributed by atoms with E-state index in [-0.39, 0.29) is 18.1 Å². The molecule has 0 bridgehead atoms. The lowest BCUT2D eigenvalue weighted by Crippen LogP contribution is -2.23. The van der Waals surface area contributed by atoms with Crippen LogP contribution >= 0.6 is 15.9 Å². The Balaban J connectivity index is 2.86. The molecule has 1 aromatic rings. The molecule has 0 aromatic heterocycles. The molecule has 76 valence electrons. The third-order valence-corrected chi connectivity index (χ3v) is 2.38. The number of hydrogen-bond acceptors (Lipinski definition) is 2. The molecule has 0 saturated carbocycles. The zero-order chi connectivity index (χ0) is 10.7. The minimum absolute atomic E-state index is 0.0293. The number of nitrogens with zero attached hydrogens (tertiary/aromatic N) is 1. The van der Waals surface area contributed by atoms with Crippen LogP contribution in [0.4, 0.5) is 0 Å². The Kier molecular flexibility index (Phi) is 3.52. The molecular formula is C10H12BrNO2. The number of halogens is 1. The topological polar surface area (TPSA) is 40.5 Å². The molecule has 0 fully saturated rings. The molecular weight excluding hydrogens is 246 g/mol. The average Bonchev–Trinajstić information content (AvgIpc) is 2.11. The van der Waals surface area contributed by atoms with E-state index in [1.165, 1.54) is 4.90 Å². The Hall–Kier alpha value is -1.03. The largest absolute Gasteiger partial charge is 0.508 e. The highest BCUT2D eigenvalue weighted by Gasteiger charge is 2.09. The molecule has 0 aliphatic carbocycles. The fourth-order valence-corrected chi connectivity index (χ4v) is 1.43. The Morgan fingerprint density at radius 2 is 2.14 bits per heavy atom. The number of hydrogen-bond donors (Lipinski definition) is 1. The summed E-state index contributed by atoms with van der Waals surface area (Å²) in [7, 11) is 3.38. The first-order chi connectivity index (χ1) is 6.50. The molecule has 0 radical (unpaired) electrons. The van der Waals surface area contributed by atoms with E-state index in [1.807, 2.05) is 0 Å². The van der Waals surface area contributed by atoms with Crippen molar-refractivity contribution in [2.24, 2.45) is 0 Å². The van der Waals surface area contributed by atoms with Crippen molar-refractivity contribution < 1.29 is 9.90 Å². The molecule has 1 amide bonds. The Morgan fingerprint density at radius 3 is 2.71 bits per heavy atom. The lowest BCUT2D eigenvalue weighted by molar-refractivity contribution is -0.127. The number of carbonyl (C=O) groups excluding carboxylic acids is 1. The van der Waals surface area contributed by atoms with Crippen LogP contribution in [0.3, 0.4) is 0 Å². The molecule has 4 heteroatoms. The summed E-state index contributed by atoms with van der Waals surface area (Å²) in [5.41, 5.74) is 0.637. The minimum atomic E-state index is -0.0293. The first-order valence-corrected chi connectivity index (χ1v) is 4.97. The summed E-state index contributed by atoms with van der Waals surface area (Å²) in [6.07, 6.45) is 0.221. The van der Waals surface area contributed by atoms with Gasteiger partial charge in [-0.1, -0.05) is 15.9 Å². The molecule has 0 unspecified atom stereocenters. The van der Waals surface area contributed by atoms with Gasteiger partial charge in [0.15, 0.2) is 0 Å². The predicted molar refractivity (Wildman–Crippen MR) is 58.2 cm³/mol. The number of aromatic hydroxyl groups is 1. The van der Waals surface area contributed by atoms with Gasteiger partial charge in [-0.05, 0) is 18.2 Å². The molecule has 0 saturated heterocycles. The molecule has 0 aliphatic heterocycles. The Bertz CT molecular complexity index is 350. The standard InChI is InChI=1S/C10H12BrNO2/c1-12(2)10(14)6-7-5-8(11)3-4-9(7)13/h3-5,13H,6H2,1-2H3. The quantitative estimate of drug-likeness (QED) is 0.878. The third kappa shape index (κ3) is 2.73. The zero-order valence-electron chi connectivity index (χ0n) is 8.12. The lowest BCUT2D eigenvalue weighted by atomic mass is 10.1. The maximum atomic E-state index is 11.4. The van der Waals surface area contributed by atoms with Crippen molar-refractivity contribution in [2.45, 2.75) is 6.42 Å². The molecule has 3 nitrogen and oxygen atoms in total. The van der Waals surface area contributed by atoms with Crippen molar-refractivity contribution in [3.05, 3.63) is 28.2 Å². The van der Waals surface area contributed by atoms with Crippen LogP contribution in [0.25, 0.3) is 0 Å². The van der Waals surface area contributed by atoms with E-state index in [2.05, 4.69) is 15.9 Å². The highest BCUT2D eigenvalue weighted by molar-refractivity contribution is 9.10. The van der Waals surface area contributed by atoms with E-state index >= 15 is 0 Å². The van der Waals surface area contributed by atoms with Crippen LogP contribution < -0.4 is 0 Å². The highest BCUT2D eigenvalue weighted by Crippen LogP contribution is 2.22. The number of amides is 1. The Morgan fingerprint density at radius 1 is 1.50 bits per heavy atom. The van der Waals surface area contributed by atoms with Gasteiger partial charge >= 0.3 is 0 Å². The number of carbonyl (C=O) groups is 1. The number of phenolic OH excluding ortho intramolecular Hbond substituents is 1. The molecule has 1 aromatic carbocycles. The van der Waals surface area contributed by atoms with Gasteiger partial charge in [0.05, 0.1) is 6.42 Å². The van der Waals surface area contributed by atoms with Gasteiger partial charge in [0.1, 0.15) is 5.75 Å². The highest BCUT2D eigenvalue weighted by atomic mass is 79.9. The Labute approximate surface area is 91.5 Å². The molecule has 14 heavy (non-hydrogen) atoms. The van der Waals surface area contributed by atoms with E-state index in [9.17, 15) is 9.90 Å². The van der Waals surface area contributed by atoms with Crippen molar-refractivity contribution in [2.75, 3.05) is 14.1 Å². The summed E-state index contributed by atoms with van der Waals surface area (Å²) in [6.45, 7) is 0. The van der Waals surface area contributed by atoms with Crippen LogP contribution in [0.1, 0.15) is 5.56 Å². The van der Waals surface area contributed by atoms with Crippen LogP contribution in [-0.4, -0.2) is 30.0 Å². The molecule has 1 rings (SSSR count). The number of phenols is 1. The molecule has 1 N–H and O–H groups in total. The van der Waals surface area contributed by atoms with E-state index in [1.54, 1.807) is 32.3 Å². The first-order valence-electron chi connectivity index (χ1n) is 4.18. The number of rotatable bonds is 2.